The number of hydrogen-bond acceptors (Lipinski definition) is 7. The molecular weight excluding hydrogens is 642 g/mol. The van der Waals surface area contributed by atoms with Crippen LogP contribution < -0.4 is 9.64 Å². The maximum Gasteiger partial charge on any atom is 0.337 e. The number of carboxylic acids is 1. The zero-order valence-corrected chi connectivity index (χ0v) is 30.6. The van der Waals surface area contributed by atoms with E-state index in [9.17, 15) is 9.90 Å². The van der Waals surface area contributed by atoms with Gasteiger partial charge in [-0.25, -0.2) is 9.78 Å². The molecule has 1 N–H and O–H groups in total. The Labute approximate surface area is 294 Å². The number of benzene rings is 2. The summed E-state index contributed by atoms with van der Waals surface area (Å²) in [7, 11) is 0. The number of anilines is 1. The second kappa shape index (κ2) is 13.6. The highest BCUT2D eigenvalue weighted by atomic mass is 35.5. The summed E-state index contributed by atoms with van der Waals surface area (Å²) in [5, 5.41) is 11.0. The molecule has 2 aromatic carbocycles. The lowest BCUT2D eigenvalue weighted by Crippen LogP contribution is -2.46. The fourth-order valence-corrected chi connectivity index (χ4v) is 7.20. The van der Waals surface area contributed by atoms with Crippen LogP contribution in [0.5, 0.6) is 5.75 Å². The predicted molar refractivity (Wildman–Crippen MR) is 193 cm³/mol. The van der Waals surface area contributed by atoms with Crippen molar-refractivity contribution in [3.63, 3.8) is 0 Å². The Hall–Kier alpha value is -3.63. The molecule has 0 spiro atoms. The predicted octanol–water partition coefficient (Wildman–Crippen LogP) is 8.36. The van der Waals surface area contributed by atoms with Gasteiger partial charge in [0.2, 0.25) is 0 Å². The van der Waals surface area contributed by atoms with Gasteiger partial charge in [0.05, 0.1) is 31.0 Å². The first-order chi connectivity index (χ1) is 23.2. The summed E-state index contributed by atoms with van der Waals surface area (Å²) in [5.41, 5.74) is 6.35. The van der Waals surface area contributed by atoms with Gasteiger partial charge >= 0.3 is 5.97 Å². The largest absolute Gasteiger partial charge is 0.488 e. The third-order valence-electron chi connectivity index (χ3n) is 9.60. The fourth-order valence-electron chi connectivity index (χ4n) is 6.89. The van der Waals surface area contributed by atoms with Crippen molar-refractivity contribution in [1.29, 1.82) is 0 Å². The maximum absolute atomic E-state index is 13.0. The maximum atomic E-state index is 13.0. The summed E-state index contributed by atoms with van der Waals surface area (Å²) in [4.78, 5) is 20.4. The molecule has 0 unspecified atom stereocenters. The van der Waals surface area contributed by atoms with Crippen molar-refractivity contribution in [2.75, 3.05) is 37.8 Å². The molecule has 0 radical (unpaired) electrons. The van der Waals surface area contributed by atoms with Crippen LogP contribution in [0.3, 0.4) is 0 Å². The molecule has 5 heterocycles. The first kappa shape index (κ1) is 35.2. The summed E-state index contributed by atoms with van der Waals surface area (Å²) in [6.07, 6.45) is 0.0705. The molecule has 6 bridgehead atoms. The van der Waals surface area contributed by atoms with Crippen molar-refractivity contribution in [3.05, 3.63) is 69.9 Å². The number of carboxylic acid groups (broad SMARTS) is 1. The van der Waals surface area contributed by atoms with Crippen LogP contribution in [0.2, 0.25) is 5.15 Å². The Kier molecular flexibility index (Phi) is 9.76. The number of aryl methyl sites for hydroxylation is 2. The van der Waals surface area contributed by atoms with Crippen LogP contribution in [-0.4, -0.2) is 70.7 Å². The van der Waals surface area contributed by atoms with E-state index in [1.165, 1.54) is 0 Å². The molecule has 4 aromatic rings. The third kappa shape index (κ3) is 7.17. The topological polar surface area (TPSA) is 94.8 Å². The second-order valence-electron chi connectivity index (χ2n) is 14.7. The number of imidazole rings is 1. The number of carbonyl (C=O) groups is 1. The van der Waals surface area contributed by atoms with E-state index in [0.29, 0.717) is 60.8 Å². The standard InChI is InChI=1S/C39H48ClN3O6/c1-23-12-13-30-29(20-23)27-10-9-11-28(21-27)32-34(40)43-35(41-32)26(4)25(3)31(33(37(44)45)49-38(5,6)7)36(43)42-16-14-39(8,15-17-42)47-19-18-46-22-24(2)48-30/h9-13,20-21,24,33H,14-19,22H2,1-8H3,(H,44,45)/t24-,33-/m0/s1. The minimum absolute atomic E-state index is 0.169. The molecule has 49 heavy (non-hydrogen) atoms. The Morgan fingerprint density at radius 3 is 2.47 bits per heavy atom. The highest BCUT2D eigenvalue weighted by molar-refractivity contribution is 6.32. The van der Waals surface area contributed by atoms with Crippen molar-refractivity contribution < 1.29 is 28.8 Å². The molecule has 2 atom stereocenters. The zero-order valence-electron chi connectivity index (χ0n) is 29.9. The number of aromatic nitrogens is 2. The molecule has 10 heteroatoms. The van der Waals surface area contributed by atoms with Crippen LogP contribution in [0.1, 0.15) is 75.8 Å². The number of halogens is 1. The molecule has 3 aliphatic rings. The minimum atomic E-state index is -1.22. The summed E-state index contributed by atoms with van der Waals surface area (Å²) in [6.45, 7) is 18.4. The number of ether oxygens (including phenoxy) is 4. The molecule has 3 aliphatic heterocycles. The van der Waals surface area contributed by atoms with Gasteiger partial charge in [0, 0.05) is 29.8 Å². The highest BCUT2D eigenvalue weighted by Crippen LogP contribution is 2.44. The van der Waals surface area contributed by atoms with Gasteiger partial charge in [0.15, 0.2) is 6.10 Å². The fraction of sp³-hybridized carbons (Fsp3) is 0.487. The number of rotatable bonds is 3. The smallest absolute Gasteiger partial charge is 0.337 e. The summed E-state index contributed by atoms with van der Waals surface area (Å²) >= 11 is 7.41. The lowest BCUT2D eigenvalue weighted by atomic mass is 9.92. The van der Waals surface area contributed by atoms with Gasteiger partial charge in [-0.05, 0) is 103 Å². The van der Waals surface area contributed by atoms with Crippen molar-refractivity contribution in [2.24, 2.45) is 0 Å². The van der Waals surface area contributed by atoms with Crippen molar-refractivity contribution >= 4 is 29.0 Å². The van der Waals surface area contributed by atoms with Crippen molar-refractivity contribution in [1.82, 2.24) is 9.38 Å². The highest BCUT2D eigenvalue weighted by Gasteiger charge is 2.38. The third-order valence-corrected chi connectivity index (χ3v) is 9.94. The Morgan fingerprint density at radius 2 is 1.78 bits per heavy atom. The van der Waals surface area contributed by atoms with E-state index in [4.69, 9.17) is 35.5 Å². The second-order valence-corrected chi connectivity index (χ2v) is 15.1. The SMILES string of the molecule is Cc1ccc2c(c1)-c1cccc(c1)-c1nc3c(C)c(C)c([C@H](OC(C)(C)C)C(=O)O)c(n3c1Cl)N1CCC(C)(CC1)OCCOC[C@H](C)O2. The van der Waals surface area contributed by atoms with E-state index in [1.807, 2.05) is 70.2 Å². The number of pyridine rings is 1. The van der Waals surface area contributed by atoms with Gasteiger partial charge in [-0.2, -0.15) is 0 Å². The van der Waals surface area contributed by atoms with Crippen LogP contribution in [-0.2, 0) is 19.0 Å². The minimum Gasteiger partial charge on any atom is -0.488 e. The van der Waals surface area contributed by atoms with Gasteiger partial charge in [-0.1, -0.05) is 41.4 Å². The molecule has 0 aliphatic carbocycles. The van der Waals surface area contributed by atoms with Crippen molar-refractivity contribution in [3.8, 4) is 28.1 Å². The van der Waals surface area contributed by atoms with Crippen LogP contribution in [0.25, 0.3) is 28.0 Å². The molecule has 0 amide bonds. The number of aliphatic carboxylic acids is 1. The van der Waals surface area contributed by atoms with Crippen LogP contribution in [0, 0.1) is 20.8 Å². The van der Waals surface area contributed by atoms with Gasteiger partial charge < -0.3 is 29.0 Å². The van der Waals surface area contributed by atoms with Crippen molar-refractivity contribution in [2.45, 2.75) is 91.6 Å². The molecule has 1 saturated heterocycles. The number of nitrogens with zero attached hydrogens (tertiary/aromatic N) is 3. The average molecular weight is 690 g/mol. The van der Waals surface area contributed by atoms with E-state index in [1.54, 1.807) is 0 Å². The first-order valence-electron chi connectivity index (χ1n) is 17.1. The molecule has 1 fully saturated rings. The summed E-state index contributed by atoms with van der Waals surface area (Å²) in [6, 6.07) is 14.3. The Morgan fingerprint density at radius 1 is 1.06 bits per heavy atom. The summed E-state index contributed by atoms with van der Waals surface area (Å²) in [5.74, 6) is 0.400. The van der Waals surface area contributed by atoms with Crippen LogP contribution in [0.15, 0.2) is 42.5 Å². The quantitative estimate of drug-likeness (QED) is 0.215. The van der Waals surface area contributed by atoms with Gasteiger partial charge in [0.1, 0.15) is 34.2 Å². The first-order valence-corrected chi connectivity index (χ1v) is 17.5. The molecule has 9 nitrogen and oxygen atoms in total. The van der Waals surface area contributed by atoms with E-state index >= 15 is 0 Å². The number of piperidine rings is 1. The normalized spacial score (nSPS) is 21.0. The average Bonchev–Trinajstić information content (AvgIpc) is 3.39. The number of fused-ring (bicyclic) bond motifs is 8. The van der Waals surface area contributed by atoms with Crippen LogP contribution in [0.4, 0.5) is 5.82 Å². The van der Waals surface area contributed by atoms with E-state index < -0.39 is 17.7 Å². The lowest BCUT2D eigenvalue weighted by molar-refractivity contribution is -0.160. The number of hydrogen-bond donors (Lipinski definition) is 1. The van der Waals surface area contributed by atoms with E-state index in [0.717, 1.165) is 52.0 Å². The monoisotopic (exact) mass is 689 g/mol. The van der Waals surface area contributed by atoms with Gasteiger partial charge in [-0.15, -0.1) is 0 Å². The van der Waals surface area contributed by atoms with E-state index in [-0.39, 0.29) is 11.7 Å². The molecular formula is C39H48ClN3O6. The lowest BCUT2D eigenvalue weighted by Gasteiger charge is -2.42. The molecule has 2 aromatic heterocycles. The van der Waals surface area contributed by atoms with Gasteiger partial charge in [-0.3, -0.25) is 4.40 Å². The van der Waals surface area contributed by atoms with Gasteiger partial charge in [0.25, 0.3) is 0 Å². The van der Waals surface area contributed by atoms with E-state index in [2.05, 4.69) is 36.9 Å². The molecule has 0 saturated carbocycles. The van der Waals surface area contributed by atoms with Crippen LogP contribution >= 0.6 is 11.6 Å². The Bertz CT molecular complexity index is 1870. The summed E-state index contributed by atoms with van der Waals surface area (Å²) < 4.78 is 27.1. The molecule has 7 rings (SSSR count). The zero-order chi connectivity index (χ0) is 35.2. The Balaban J connectivity index is 1.60. The molecule has 262 valence electrons.